The Bertz CT molecular complexity index is 1870. The maximum atomic E-state index is 14.5. The second kappa shape index (κ2) is 26.5. The topological polar surface area (TPSA) is 195 Å². The minimum Gasteiger partial charge on any atom is -0.460 e. The molecule has 0 aromatic heterocycles. The van der Waals surface area contributed by atoms with Gasteiger partial charge in [0.2, 0.25) is 5.79 Å². The summed E-state index contributed by atoms with van der Waals surface area (Å²) < 4.78 is 30.6. The zero-order valence-electron chi connectivity index (χ0n) is 43.8. The van der Waals surface area contributed by atoms with Gasteiger partial charge in [0.25, 0.3) is 11.7 Å². The summed E-state index contributed by atoms with van der Waals surface area (Å²) in [5.74, 6) is -8.49. The first-order valence-corrected chi connectivity index (χ1v) is 29.1. The number of cyclic esters (lactones) is 1. The van der Waals surface area contributed by atoms with E-state index in [1.165, 1.54) is 4.90 Å². The van der Waals surface area contributed by atoms with E-state index in [4.69, 9.17) is 23.4 Å². The third-order valence-electron chi connectivity index (χ3n) is 15.0. The molecule has 0 spiro atoms. The van der Waals surface area contributed by atoms with Crippen LogP contribution in [-0.4, -0.2) is 134 Å². The summed E-state index contributed by atoms with van der Waals surface area (Å²) in [6.45, 7) is 18.8. The van der Waals surface area contributed by atoms with Crippen LogP contribution in [0.1, 0.15) is 126 Å². The Morgan fingerprint density at radius 2 is 1.59 bits per heavy atom. The summed E-state index contributed by atoms with van der Waals surface area (Å²) in [4.78, 5) is 73.0. The molecule has 4 rings (SSSR count). The Labute approximate surface area is 413 Å². The number of carbonyl (C=O) groups excluding carboxylic acids is 5. The van der Waals surface area contributed by atoms with Gasteiger partial charge < -0.3 is 43.6 Å². The maximum Gasteiger partial charge on any atom is 0.329 e. The van der Waals surface area contributed by atoms with Crippen molar-refractivity contribution in [1.29, 1.82) is 0 Å². The second-order valence-electron chi connectivity index (χ2n) is 21.9. The number of hydrogen-bond acceptors (Lipinski definition) is 13. The van der Waals surface area contributed by atoms with Crippen LogP contribution in [0.4, 0.5) is 0 Å². The molecule has 69 heavy (non-hydrogen) atoms. The van der Waals surface area contributed by atoms with E-state index in [1.807, 2.05) is 84.6 Å². The third-order valence-corrected chi connectivity index (χ3v) is 16.0. The largest absolute Gasteiger partial charge is 0.460 e. The number of nitrogens with zero attached hydrogens (tertiary/aromatic N) is 1. The lowest BCUT2D eigenvalue weighted by Crippen LogP contribution is -2.61. The van der Waals surface area contributed by atoms with Crippen LogP contribution < -0.4 is 0 Å². The van der Waals surface area contributed by atoms with Crippen molar-refractivity contribution >= 4 is 37.5 Å². The van der Waals surface area contributed by atoms with Crippen molar-refractivity contribution in [2.75, 3.05) is 27.4 Å². The van der Waals surface area contributed by atoms with E-state index in [2.05, 4.69) is 0 Å². The van der Waals surface area contributed by atoms with Crippen molar-refractivity contribution in [3.05, 3.63) is 47.6 Å². The molecule has 0 aromatic rings. The minimum absolute atomic E-state index is 0.0295. The number of aliphatic hydroxyl groups is 3. The van der Waals surface area contributed by atoms with Crippen LogP contribution in [0.15, 0.2) is 47.6 Å². The van der Waals surface area contributed by atoms with E-state index < -0.39 is 98.6 Å². The van der Waals surface area contributed by atoms with Crippen LogP contribution in [0.5, 0.6) is 0 Å². The van der Waals surface area contributed by atoms with E-state index in [0.29, 0.717) is 63.4 Å². The minimum atomic E-state index is -2.43. The second-order valence-corrected chi connectivity index (χ2v) is 26.4. The lowest BCUT2D eigenvalue weighted by Gasteiger charge is -2.42. The van der Waals surface area contributed by atoms with Crippen LogP contribution >= 0.6 is 0 Å². The number of allylic oxidation sites excluding steroid dienone is 6. The SMILES string of the molecule is COC1CC2CCC(C)C(O)(O2)C(=O)C(=O)N2CCCCC2C(=O)OC(C(C)CC2CCC(O)C(OC)C2)CC(=O)C(C)/C=C(\C)C(O[Si](C)(C)C)C(CO)C(=O)C(C)CC(C)/C=C/C=C/C=C/1C. The molecule has 3 fully saturated rings. The standard InChI is InChI=1S/C54H87NO13Si/c1-33-18-14-13-15-19-34(2)46(64-8)30-41-23-21-39(7)54(63,67-41)51(60)52(61)55-25-17-16-20-43(55)53(62)66-47(36(4)28-40-22-24-44(57)48(29-40)65-9)31-45(58)35(3)27-38(6)50(68-69(10,11)12)42(32-56)49(59)37(5)26-33/h13-15,18-19,27,33,35-37,39-44,46-48,50,56-57,63H,16-17,20-26,28-32H2,1-12H3/b15-13+,18-14+,34-19+,38-27+. The highest BCUT2D eigenvalue weighted by molar-refractivity contribution is 6.69. The smallest absolute Gasteiger partial charge is 0.329 e. The number of Topliss-reactive ketones (excluding diaryl/α,β-unsaturated/α-hetero) is 3. The van der Waals surface area contributed by atoms with Crippen LogP contribution in [-0.2, 0) is 47.3 Å². The summed E-state index contributed by atoms with van der Waals surface area (Å²) in [6, 6.07) is -1.14. The Morgan fingerprint density at radius 1 is 0.884 bits per heavy atom. The molecule has 3 heterocycles. The number of amides is 1. The highest BCUT2D eigenvalue weighted by Crippen LogP contribution is 2.38. The van der Waals surface area contributed by atoms with Gasteiger partial charge in [0.1, 0.15) is 23.7 Å². The normalized spacial score (nSPS) is 39.0. The number of methoxy groups -OCH3 is 2. The fraction of sp³-hybridized carbons (Fsp3) is 0.759. The van der Waals surface area contributed by atoms with Gasteiger partial charge in [-0.1, -0.05) is 71.1 Å². The molecule has 15 atom stereocenters. The molecule has 1 saturated carbocycles. The quantitative estimate of drug-likeness (QED) is 0.0931. The van der Waals surface area contributed by atoms with Crippen LogP contribution in [0.3, 0.4) is 0 Å². The van der Waals surface area contributed by atoms with Crippen molar-refractivity contribution < 1.29 is 62.7 Å². The summed E-state index contributed by atoms with van der Waals surface area (Å²) in [5.41, 5.74) is 1.54. The first kappa shape index (κ1) is 58.4. The fourth-order valence-electron chi connectivity index (χ4n) is 10.8. The predicted octanol–water partition coefficient (Wildman–Crippen LogP) is 7.63. The van der Waals surface area contributed by atoms with Crippen LogP contribution in [0, 0.1) is 41.4 Å². The van der Waals surface area contributed by atoms with Gasteiger partial charge in [0.15, 0.2) is 8.32 Å². The average molecular weight is 986 g/mol. The Kier molecular flexibility index (Phi) is 22.4. The molecule has 3 N–H and O–H groups in total. The van der Waals surface area contributed by atoms with E-state index >= 15 is 0 Å². The van der Waals surface area contributed by atoms with Crippen LogP contribution in [0.25, 0.3) is 0 Å². The number of piperidine rings is 1. The predicted molar refractivity (Wildman–Crippen MR) is 267 cm³/mol. The zero-order chi connectivity index (χ0) is 51.4. The zero-order valence-corrected chi connectivity index (χ0v) is 44.8. The van der Waals surface area contributed by atoms with Gasteiger partial charge in [-0.25, -0.2) is 4.79 Å². The van der Waals surface area contributed by atoms with E-state index in [9.17, 15) is 39.3 Å². The molecule has 1 aliphatic carbocycles. The van der Waals surface area contributed by atoms with E-state index in [0.717, 1.165) is 12.0 Å². The van der Waals surface area contributed by atoms with E-state index in [1.54, 1.807) is 34.1 Å². The van der Waals surface area contributed by atoms with Crippen molar-refractivity contribution in [3.8, 4) is 0 Å². The lowest BCUT2D eigenvalue weighted by molar-refractivity contribution is -0.265. The Hall–Kier alpha value is -3.15. The third kappa shape index (κ3) is 16.2. The van der Waals surface area contributed by atoms with Gasteiger partial charge in [-0.15, -0.1) is 0 Å². The number of ether oxygens (including phenoxy) is 4. The molecule has 15 unspecified atom stereocenters. The molecule has 3 aliphatic heterocycles. The molecular formula is C54H87NO13Si. The molecule has 390 valence electrons. The number of fused-ring (bicyclic) bond motifs is 3. The monoisotopic (exact) mass is 986 g/mol. The van der Waals surface area contributed by atoms with Crippen molar-refractivity contribution in [3.63, 3.8) is 0 Å². The summed E-state index contributed by atoms with van der Waals surface area (Å²) in [6.07, 6.45) is 13.3. The molecule has 4 aliphatic rings. The van der Waals surface area contributed by atoms with Crippen molar-refractivity contribution in [2.24, 2.45) is 41.4 Å². The summed E-state index contributed by atoms with van der Waals surface area (Å²) >= 11 is 0. The highest BCUT2D eigenvalue weighted by Gasteiger charge is 2.53. The van der Waals surface area contributed by atoms with E-state index in [-0.39, 0.29) is 54.8 Å². The van der Waals surface area contributed by atoms with Crippen molar-refractivity contribution in [1.82, 2.24) is 4.90 Å². The van der Waals surface area contributed by atoms with Gasteiger partial charge in [-0.05, 0) is 127 Å². The number of rotatable bonds is 8. The van der Waals surface area contributed by atoms with Gasteiger partial charge in [0.05, 0.1) is 43.0 Å². The number of ketones is 3. The average Bonchev–Trinajstić information content (AvgIpc) is 3.30. The number of esters is 1. The van der Waals surface area contributed by atoms with Gasteiger partial charge in [-0.2, -0.15) is 0 Å². The molecule has 14 nitrogen and oxygen atoms in total. The maximum absolute atomic E-state index is 14.5. The van der Waals surface area contributed by atoms with Crippen molar-refractivity contribution in [2.45, 2.75) is 194 Å². The van der Waals surface area contributed by atoms with Gasteiger partial charge in [0, 0.05) is 51.4 Å². The highest BCUT2D eigenvalue weighted by atomic mass is 28.4. The molecule has 15 heteroatoms. The fourth-order valence-corrected chi connectivity index (χ4v) is 11.9. The molecule has 0 aromatic carbocycles. The lowest BCUT2D eigenvalue weighted by atomic mass is 9.78. The first-order chi connectivity index (χ1) is 32.4. The Morgan fingerprint density at radius 3 is 2.25 bits per heavy atom. The molecular weight excluding hydrogens is 899 g/mol. The first-order valence-electron chi connectivity index (χ1n) is 25.7. The van der Waals surface area contributed by atoms with Gasteiger partial charge in [-0.3, -0.25) is 19.2 Å². The molecule has 1 amide bonds. The van der Waals surface area contributed by atoms with Gasteiger partial charge >= 0.3 is 5.97 Å². The summed E-state index contributed by atoms with van der Waals surface area (Å²) in [7, 11) is 0.844. The summed E-state index contributed by atoms with van der Waals surface area (Å²) in [5, 5.41) is 33.4. The molecule has 0 radical (unpaired) electrons. The van der Waals surface area contributed by atoms with Crippen LogP contribution in [0.2, 0.25) is 19.6 Å². The Balaban J connectivity index is 1.76. The molecule has 2 saturated heterocycles. The number of hydrogen-bond donors (Lipinski definition) is 3. The number of carbonyl (C=O) groups is 5. The molecule has 2 bridgehead atoms. The number of aliphatic hydroxyl groups excluding tert-OH is 2.